The number of rotatable bonds is 5. The normalized spacial score (nSPS) is 31.3. The van der Waals surface area contributed by atoms with Crippen molar-refractivity contribution in [2.45, 2.75) is 76.4 Å². The van der Waals surface area contributed by atoms with Crippen LogP contribution in [0.25, 0.3) is 0 Å². The second kappa shape index (κ2) is 7.98. The molecule has 3 aliphatic rings. The van der Waals surface area contributed by atoms with E-state index in [4.69, 9.17) is 14.2 Å². The summed E-state index contributed by atoms with van der Waals surface area (Å²) in [5.41, 5.74) is 0. The lowest BCUT2D eigenvalue weighted by molar-refractivity contribution is -0.182. The molecule has 1 heterocycles. The average Bonchev–Trinajstić information content (AvgIpc) is 3.05. The molecule has 132 valence electrons. The standard InChI is InChI=1S/C19H32O4/c1-21-18(20)17-7-5-15(6-8-17)3-2-4-16-9-11-19(12-10-16)22-13-14-23-19/h15-17H,2-14H2,1H3. The SMILES string of the molecule is COC(=O)C1CCC(CCCC2CCC3(CC2)OCCO3)CC1. The Morgan fingerprint density at radius 3 is 2.09 bits per heavy atom. The molecule has 2 aliphatic carbocycles. The first-order valence-corrected chi connectivity index (χ1v) is 9.56. The first kappa shape index (κ1) is 17.2. The molecule has 0 unspecified atom stereocenters. The topological polar surface area (TPSA) is 44.8 Å². The number of hydrogen-bond acceptors (Lipinski definition) is 4. The molecular formula is C19H32O4. The monoisotopic (exact) mass is 324 g/mol. The molecule has 1 aliphatic heterocycles. The zero-order valence-corrected chi connectivity index (χ0v) is 14.6. The van der Waals surface area contributed by atoms with Crippen molar-refractivity contribution in [2.24, 2.45) is 17.8 Å². The fourth-order valence-corrected chi connectivity index (χ4v) is 4.74. The van der Waals surface area contributed by atoms with Crippen molar-refractivity contribution in [3.8, 4) is 0 Å². The smallest absolute Gasteiger partial charge is 0.308 e. The van der Waals surface area contributed by atoms with Crippen molar-refractivity contribution in [1.29, 1.82) is 0 Å². The number of esters is 1. The molecule has 0 atom stereocenters. The van der Waals surface area contributed by atoms with E-state index in [2.05, 4.69) is 0 Å². The average molecular weight is 324 g/mol. The number of hydrogen-bond donors (Lipinski definition) is 0. The van der Waals surface area contributed by atoms with Crippen LogP contribution in [-0.2, 0) is 19.0 Å². The van der Waals surface area contributed by atoms with E-state index in [9.17, 15) is 4.79 Å². The van der Waals surface area contributed by atoms with E-state index in [1.54, 1.807) is 0 Å². The van der Waals surface area contributed by atoms with E-state index in [0.29, 0.717) is 0 Å². The van der Waals surface area contributed by atoms with Crippen LogP contribution in [0.4, 0.5) is 0 Å². The van der Waals surface area contributed by atoms with Crippen molar-refractivity contribution < 1.29 is 19.0 Å². The predicted octanol–water partition coefficient (Wildman–Crippen LogP) is 4.07. The van der Waals surface area contributed by atoms with Gasteiger partial charge in [-0.3, -0.25) is 4.79 Å². The molecule has 0 aromatic rings. The maximum Gasteiger partial charge on any atom is 0.308 e. The van der Waals surface area contributed by atoms with E-state index in [0.717, 1.165) is 50.7 Å². The van der Waals surface area contributed by atoms with Gasteiger partial charge in [-0.25, -0.2) is 0 Å². The fourth-order valence-electron chi connectivity index (χ4n) is 4.74. The van der Waals surface area contributed by atoms with Crippen LogP contribution < -0.4 is 0 Å². The van der Waals surface area contributed by atoms with Crippen molar-refractivity contribution >= 4 is 5.97 Å². The molecular weight excluding hydrogens is 292 g/mol. The van der Waals surface area contributed by atoms with Crippen molar-refractivity contribution in [3.63, 3.8) is 0 Å². The molecule has 3 rings (SSSR count). The summed E-state index contributed by atoms with van der Waals surface area (Å²) in [5, 5.41) is 0. The molecule has 23 heavy (non-hydrogen) atoms. The van der Waals surface area contributed by atoms with Crippen molar-refractivity contribution in [3.05, 3.63) is 0 Å². The van der Waals surface area contributed by atoms with Gasteiger partial charge in [0.05, 0.1) is 26.2 Å². The Bertz CT molecular complexity index is 371. The van der Waals surface area contributed by atoms with E-state index in [1.807, 2.05) is 0 Å². The Labute approximate surface area is 140 Å². The Morgan fingerprint density at radius 1 is 0.957 bits per heavy atom. The lowest BCUT2D eigenvalue weighted by Gasteiger charge is -2.35. The van der Waals surface area contributed by atoms with Crippen LogP contribution in [0.2, 0.25) is 0 Å². The highest BCUT2D eigenvalue weighted by molar-refractivity contribution is 5.72. The third kappa shape index (κ3) is 4.48. The lowest BCUT2D eigenvalue weighted by Crippen LogP contribution is -2.35. The highest BCUT2D eigenvalue weighted by Crippen LogP contribution is 2.40. The van der Waals surface area contributed by atoms with Gasteiger partial charge in [-0.15, -0.1) is 0 Å². The molecule has 0 aromatic heterocycles. The summed E-state index contributed by atoms with van der Waals surface area (Å²) in [6, 6.07) is 0. The second-order valence-corrected chi connectivity index (χ2v) is 7.72. The molecule has 1 spiro atoms. The Balaban J connectivity index is 1.28. The molecule has 4 heteroatoms. The van der Waals surface area contributed by atoms with Crippen LogP contribution in [0.1, 0.15) is 70.6 Å². The maximum atomic E-state index is 11.6. The number of carbonyl (C=O) groups excluding carboxylic acids is 1. The summed E-state index contributed by atoms with van der Waals surface area (Å²) in [7, 11) is 1.50. The Hall–Kier alpha value is -0.610. The van der Waals surface area contributed by atoms with Gasteiger partial charge in [0.2, 0.25) is 0 Å². The third-order valence-corrected chi connectivity index (χ3v) is 6.29. The second-order valence-electron chi connectivity index (χ2n) is 7.72. The number of carbonyl (C=O) groups is 1. The zero-order chi connectivity index (χ0) is 16.1. The summed E-state index contributed by atoms with van der Waals surface area (Å²) in [4.78, 5) is 11.6. The minimum Gasteiger partial charge on any atom is -0.469 e. The van der Waals surface area contributed by atoms with Gasteiger partial charge in [-0.05, 0) is 50.4 Å². The van der Waals surface area contributed by atoms with Crippen LogP contribution in [-0.4, -0.2) is 32.1 Å². The summed E-state index contributed by atoms with van der Waals surface area (Å²) >= 11 is 0. The van der Waals surface area contributed by atoms with Crippen LogP contribution in [0.15, 0.2) is 0 Å². The van der Waals surface area contributed by atoms with E-state index >= 15 is 0 Å². The first-order chi connectivity index (χ1) is 11.2. The van der Waals surface area contributed by atoms with Gasteiger partial charge in [0.25, 0.3) is 0 Å². The molecule has 0 N–H and O–H groups in total. The van der Waals surface area contributed by atoms with Gasteiger partial charge in [-0.2, -0.15) is 0 Å². The van der Waals surface area contributed by atoms with Gasteiger partial charge in [0.1, 0.15) is 0 Å². The van der Waals surface area contributed by atoms with Crippen LogP contribution in [0.3, 0.4) is 0 Å². The highest BCUT2D eigenvalue weighted by atomic mass is 16.7. The fraction of sp³-hybridized carbons (Fsp3) is 0.947. The predicted molar refractivity (Wildman–Crippen MR) is 87.9 cm³/mol. The zero-order valence-electron chi connectivity index (χ0n) is 14.6. The van der Waals surface area contributed by atoms with Crippen LogP contribution in [0.5, 0.6) is 0 Å². The lowest BCUT2D eigenvalue weighted by atomic mass is 9.78. The van der Waals surface area contributed by atoms with Gasteiger partial charge in [-0.1, -0.05) is 19.3 Å². The molecule has 3 fully saturated rings. The molecule has 0 radical (unpaired) electrons. The minimum absolute atomic E-state index is 0.00376. The van der Waals surface area contributed by atoms with Gasteiger partial charge < -0.3 is 14.2 Å². The molecule has 1 saturated heterocycles. The van der Waals surface area contributed by atoms with Crippen LogP contribution >= 0.6 is 0 Å². The van der Waals surface area contributed by atoms with Crippen molar-refractivity contribution in [2.75, 3.05) is 20.3 Å². The summed E-state index contributed by atoms with van der Waals surface area (Å²) < 4.78 is 16.5. The maximum absolute atomic E-state index is 11.6. The van der Waals surface area contributed by atoms with Crippen molar-refractivity contribution in [1.82, 2.24) is 0 Å². The number of ether oxygens (including phenoxy) is 3. The van der Waals surface area contributed by atoms with E-state index < -0.39 is 0 Å². The Kier molecular flexibility index (Phi) is 5.97. The first-order valence-electron chi connectivity index (χ1n) is 9.56. The van der Waals surface area contributed by atoms with E-state index in [-0.39, 0.29) is 17.7 Å². The molecule has 2 saturated carbocycles. The van der Waals surface area contributed by atoms with Crippen LogP contribution in [0, 0.1) is 17.8 Å². The largest absolute Gasteiger partial charge is 0.469 e. The molecule has 0 bridgehead atoms. The number of methoxy groups -OCH3 is 1. The van der Waals surface area contributed by atoms with Gasteiger partial charge in [0.15, 0.2) is 5.79 Å². The molecule has 0 amide bonds. The summed E-state index contributed by atoms with van der Waals surface area (Å²) in [6.45, 7) is 1.55. The third-order valence-electron chi connectivity index (χ3n) is 6.29. The van der Waals surface area contributed by atoms with E-state index in [1.165, 1.54) is 52.1 Å². The summed E-state index contributed by atoms with van der Waals surface area (Å²) in [5.74, 6) is 1.64. The van der Waals surface area contributed by atoms with Gasteiger partial charge >= 0.3 is 5.97 Å². The summed E-state index contributed by atoms with van der Waals surface area (Å²) in [6.07, 6.45) is 13.2. The Morgan fingerprint density at radius 2 is 1.52 bits per heavy atom. The quantitative estimate of drug-likeness (QED) is 0.715. The highest BCUT2D eigenvalue weighted by Gasteiger charge is 2.40. The minimum atomic E-state index is -0.206. The molecule has 4 nitrogen and oxygen atoms in total. The van der Waals surface area contributed by atoms with Gasteiger partial charge in [0, 0.05) is 12.8 Å². The molecule has 0 aromatic carbocycles.